The number of hydrogen-bond acceptors (Lipinski definition) is 13. The second kappa shape index (κ2) is 10.7. The third-order valence-corrected chi connectivity index (χ3v) is 8.64. The fourth-order valence-corrected chi connectivity index (χ4v) is 6.21. The Morgan fingerprint density at radius 1 is 0.776 bits per heavy atom. The Morgan fingerprint density at radius 3 is 2.02 bits per heavy atom. The van der Waals surface area contributed by atoms with Gasteiger partial charge in [-0.25, -0.2) is 0 Å². The van der Waals surface area contributed by atoms with Crippen molar-refractivity contribution in [3.63, 3.8) is 0 Å². The molecule has 1 aliphatic rings. The smallest absolute Gasteiger partial charge is 0.204 e. The number of aromatic hydroxyl groups is 6. The molecule has 2 atom stereocenters. The van der Waals surface area contributed by atoms with Gasteiger partial charge in [-0.1, -0.05) is 11.6 Å². The summed E-state index contributed by atoms with van der Waals surface area (Å²) >= 11 is 0. The molecule has 0 amide bonds. The number of phenolic OH excluding ortho intramolecular Hbond substituents is 6. The van der Waals surface area contributed by atoms with Crippen LogP contribution in [0.1, 0.15) is 44.9 Å². The number of phenols is 6. The minimum atomic E-state index is -1.65. The molecule has 0 saturated carbocycles. The summed E-state index contributed by atoms with van der Waals surface area (Å²) in [5.74, 6) is -3.60. The minimum Gasteiger partial charge on any atom is -0.507 e. The Bertz CT molecular complexity index is 2550. The van der Waals surface area contributed by atoms with Crippen molar-refractivity contribution >= 4 is 43.9 Å². The minimum absolute atomic E-state index is 0.0278. The molecule has 0 aliphatic carbocycles. The van der Waals surface area contributed by atoms with E-state index in [9.17, 15) is 45.3 Å². The Labute approximate surface area is 275 Å². The summed E-state index contributed by atoms with van der Waals surface area (Å²) in [6.07, 6.45) is -0.661. The molecule has 2 unspecified atom stereocenters. The summed E-state index contributed by atoms with van der Waals surface area (Å²) in [5, 5.41) is 74.7. The van der Waals surface area contributed by atoms with Crippen LogP contribution in [0, 0.1) is 0 Å². The van der Waals surface area contributed by atoms with Gasteiger partial charge in [-0.05, 0) is 58.4 Å². The first-order chi connectivity index (χ1) is 23.1. The third kappa shape index (κ3) is 4.72. The van der Waals surface area contributed by atoms with E-state index in [-0.39, 0.29) is 78.7 Å². The van der Waals surface area contributed by atoms with Crippen LogP contribution in [-0.2, 0) is 6.42 Å². The predicted octanol–water partition coefficient (Wildman–Crippen LogP) is 5.60. The average molecular weight is 671 g/mol. The summed E-state index contributed by atoms with van der Waals surface area (Å²) in [5.41, 5.74) is -3.07. The second-order valence-corrected chi connectivity index (χ2v) is 12.8. The molecule has 49 heavy (non-hydrogen) atoms. The zero-order valence-corrected chi connectivity index (χ0v) is 26.5. The molecule has 3 heterocycles. The molecule has 2 aromatic heterocycles. The number of fused-ring (bicyclic) bond motifs is 6. The first kappa shape index (κ1) is 31.5. The molecule has 7 rings (SSSR count). The topological polar surface area (TPSA) is 220 Å². The van der Waals surface area contributed by atoms with Crippen LogP contribution in [-0.4, -0.2) is 47.5 Å². The maximum absolute atomic E-state index is 13.6. The molecule has 0 bridgehead atoms. The quantitative estimate of drug-likeness (QED) is 0.0675. The van der Waals surface area contributed by atoms with E-state index in [2.05, 4.69) is 0 Å². The Hall–Kier alpha value is -6.08. The fourth-order valence-electron chi connectivity index (χ4n) is 6.21. The van der Waals surface area contributed by atoms with E-state index < -0.39 is 57.4 Å². The number of aliphatic hydroxyl groups is 1. The molecular formula is C36H30O13. The molecular weight excluding hydrogens is 640 g/mol. The highest BCUT2D eigenvalue weighted by Crippen LogP contribution is 2.51. The van der Waals surface area contributed by atoms with Crippen LogP contribution in [0.4, 0.5) is 0 Å². The first-order valence-electron chi connectivity index (χ1n) is 15.1. The van der Waals surface area contributed by atoms with Gasteiger partial charge in [0.15, 0.2) is 40.5 Å². The van der Waals surface area contributed by atoms with Gasteiger partial charge in [-0.3, -0.25) is 9.59 Å². The Morgan fingerprint density at radius 2 is 1.37 bits per heavy atom. The Kier molecular flexibility index (Phi) is 6.89. The van der Waals surface area contributed by atoms with Crippen LogP contribution in [0.2, 0.25) is 0 Å². The Balaban J connectivity index is 1.47. The van der Waals surface area contributed by atoms with E-state index in [0.717, 1.165) is 23.8 Å². The molecule has 1 aliphatic heterocycles. The lowest BCUT2D eigenvalue weighted by Gasteiger charge is -2.30. The van der Waals surface area contributed by atoms with Gasteiger partial charge in [0.2, 0.25) is 22.4 Å². The van der Waals surface area contributed by atoms with E-state index in [4.69, 9.17) is 18.3 Å². The molecule has 252 valence electrons. The number of rotatable bonds is 5. The molecule has 7 N–H and O–H groups in total. The zero-order valence-electron chi connectivity index (χ0n) is 26.5. The van der Waals surface area contributed by atoms with Gasteiger partial charge < -0.3 is 54.1 Å². The summed E-state index contributed by atoms with van der Waals surface area (Å²) in [4.78, 5) is 27.2. The number of hydrogen-bond donors (Lipinski definition) is 7. The van der Waals surface area contributed by atoms with Crippen molar-refractivity contribution in [2.24, 2.45) is 0 Å². The van der Waals surface area contributed by atoms with Crippen molar-refractivity contribution in [2.75, 3.05) is 0 Å². The molecule has 13 nitrogen and oxygen atoms in total. The van der Waals surface area contributed by atoms with Gasteiger partial charge in [0.05, 0.1) is 21.9 Å². The molecule has 4 aromatic carbocycles. The van der Waals surface area contributed by atoms with Gasteiger partial charge in [0.1, 0.15) is 39.4 Å². The van der Waals surface area contributed by atoms with Crippen molar-refractivity contribution in [1.29, 1.82) is 0 Å². The SMILES string of the molecule is CC(C)=CCc1c(O)cc(O)c2c(=O)c3ccc(OC4c5c(cc(O)c6c(=O)c7ccc(O)c(O)c7oc56)OC4C(C)(C)O)c(O)c3oc12. The van der Waals surface area contributed by atoms with Crippen molar-refractivity contribution in [3.05, 3.63) is 79.6 Å². The van der Waals surface area contributed by atoms with E-state index in [1.807, 2.05) is 13.8 Å². The predicted molar refractivity (Wildman–Crippen MR) is 177 cm³/mol. The lowest BCUT2D eigenvalue weighted by molar-refractivity contribution is -0.0693. The lowest BCUT2D eigenvalue weighted by atomic mass is 9.93. The van der Waals surface area contributed by atoms with E-state index in [0.29, 0.717) is 0 Å². The zero-order chi connectivity index (χ0) is 35.3. The summed E-state index contributed by atoms with van der Waals surface area (Å²) in [7, 11) is 0. The van der Waals surface area contributed by atoms with Crippen LogP contribution in [0.3, 0.4) is 0 Å². The number of allylic oxidation sites excluding steroid dienone is 2. The summed E-state index contributed by atoms with van der Waals surface area (Å²) in [6, 6.07) is 7.09. The average Bonchev–Trinajstić information content (AvgIpc) is 3.39. The maximum Gasteiger partial charge on any atom is 0.204 e. The van der Waals surface area contributed by atoms with Crippen molar-refractivity contribution in [2.45, 2.75) is 51.9 Å². The van der Waals surface area contributed by atoms with Crippen LogP contribution in [0.25, 0.3) is 43.9 Å². The fraction of sp³-hybridized carbons (Fsp3) is 0.222. The van der Waals surface area contributed by atoms with Crippen molar-refractivity contribution < 1.29 is 54.1 Å². The number of ether oxygens (including phenoxy) is 2. The second-order valence-electron chi connectivity index (χ2n) is 12.8. The summed E-state index contributed by atoms with van der Waals surface area (Å²) < 4.78 is 24.3. The molecule has 0 fully saturated rings. The van der Waals surface area contributed by atoms with E-state index in [1.54, 1.807) is 6.08 Å². The maximum atomic E-state index is 13.6. The standard InChI is InChI=1S/C36H30O13/c1-13(2)5-6-14-18(38)11-19(39)23-26(41)16-8-10-21(29(44)32(16)48-30(14)23)46-34-25-22(47-35(34)36(3,4)45)12-20(40)24-27(42)15-7-9-17(37)28(43)31(15)49-33(24)25/h5,7-12,34-35,37-40,43-45H,6H2,1-4H3. The highest BCUT2D eigenvalue weighted by molar-refractivity contribution is 5.99. The third-order valence-electron chi connectivity index (χ3n) is 8.64. The largest absolute Gasteiger partial charge is 0.507 e. The highest BCUT2D eigenvalue weighted by Gasteiger charge is 2.48. The molecule has 0 radical (unpaired) electrons. The van der Waals surface area contributed by atoms with Crippen LogP contribution >= 0.6 is 0 Å². The highest BCUT2D eigenvalue weighted by atomic mass is 16.6. The molecule has 0 spiro atoms. The van der Waals surface area contributed by atoms with Crippen LogP contribution in [0.5, 0.6) is 46.0 Å². The van der Waals surface area contributed by atoms with E-state index >= 15 is 0 Å². The van der Waals surface area contributed by atoms with Gasteiger partial charge in [-0.2, -0.15) is 0 Å². The van der Waals surface area contributed by atoms with Gasteiger partial charge in [-0.15, -0.1) is 0 Å². The summed E-state index contributed by atoms with van der Waals surface area (Å²) in [6.45, 7) is 6.54. The van der Waals surface area contributed by atoms with Crippen LogP contribution in [0.15, 0.2) is 66.5 Å². The molecule has 0 saturated heterocycles. The number of benzene rings is 4. The monoisotopic (exact) mass is 670 g/mol. The molecule has 6 aromatic rings. The van der Waals surface area contributed by atoms with Crippen molar-refractivity contribution in [1.82, 2.24) is 0 Å². The lowest BCUT2D eigenvalue weighted by Crippen LogP contribution is -2.43. The van der Waals surface area contributed by atoms with Crippen molar-refractivity contribution in [3.8, 4) is 46.0 Å². The van der Waals surface area contributed by atoms with E-state index in [1.165, 1.54) is 32.0 Å². The first-order valence-corrected chi connectivity index (χ1v) is 15.1. The molecule has 13 heteroatoms. The van der Waals surface area contributed by atoms with Gasteiger partial charge in [0.25, 0.3) is 0 Å². The normalized spacial score (nSPS) is 15.9. The van der Waals surface area contributed by atoms with Gasteiger partial charge in [0, 0.05) is 17.7 Å². The van der Waals surface area contributed by atoms with Crippen LogP contribution < -0.4 is 20.3 Å². The van der Waals surface area contributed by atoms with Gasteiger partial charge >= 0.3 is 0 Å².